The second-order valence-electron chi connectivity index (χ2n) is 10.4. The lowest BCUT2D eigenvalue weighted by Gasteiger charge is -2.33. The van der Waals surface area contributed by atoms with Crippen LogP contribution in [0.1, 0.15) is 23.5 Å². The van der Waals surface area contributed by atoms with Gasteiger partial charge in [-0.3, -0.25) is 9.59 Å². The van der Waals surface area contributed by atoms with Gasteiger partial charge in [0.15, 0.2) is 28.4 Å². The maximum absolute atomic E-state index is 13.7. The zero-order valence-electron chi connectivity index (χ0n) is 23.1. The fourth-order valence-corrected chi connectivity index (χ4v) is 5.54. The Morgan fingerprint density at radius 2 is 1.71 bits per heavy atom. The van der Waals surface area contributed by atoms with E-state index in [4.69, 9.17) is 18.6 Å². The van der Waals surface area contributed by atoms with Crippen LogP contribution in [0.4, 0.5) is 0 Å². The molecule has 0 saturated carbocycles. The number of amides is 1. The lowest BCUT2D eigenvalue weighted by Crippen LogP contribution is -2.47. The number of phenols is 3. The predicted octanol–water partition coefficient (Wildman–Crippen LogP) is 3.61. The van der Waals surface area contributed by atoms with Crippen LogP contribution in [0.25, 0.3) is 22.3 Å². The number of nitrogens with zero attached hydrogens (tertiary/aromatic N) is 2. The number of aromatic hydroxyl groups is 3. The minimum atomic E-state index is -0.955. The molecule has 3 aromatic carbocycles. The molecule has 1 saturated heterocycles. The minimum Gasteiger partial charge on any atom is -0.504 e. The van der Waals surface area contributed by atoms with Gasteiger partial charge in [0.1, 0.15) is 16.7 Å². The number of benzene rings is 3. The van der Waals surface area contributed by atoms with E-state index in [-0.39, 0.29) is 41.4 Å². The molecule has 0 radical (unpaired) electrons. The molecule has 3 heterocycles. The monoisotopic (exact) mass is 574 g/mol. The fraction of sp³-hybridized carbons (Fsp3) is 0.290. The van der Waals surface area contributed by atoms with Gasteiger partial charge in [0.25, 0.3) is 0 Å². The fourth-order valence-electron chi connectivity index (χ4n) is 5.54. The highest BCUT2D eigenvalue weighted by Crippen LogP contribution is 2.51. The molecule has 2 aliphatic rings. The van der Waals surface area contributed by atoms with E-state index in [0.29, 0.717) is 54.6 Å². The minimum absolute atomic E-state index is 0.0243. The Kier molecular flexibility index (Phi) is 7.03. The largest absolute Gasteiger partial charge is 0.504 e. The number of hydrogen-bond acceptors (Lipinski definition) is 10. The number of methoxy groups -OCH3 is 1. The molecule has 0 bridgehead atoms. The van der Waals surface area contributed by atoms with Crippen molar-refractivity contribution >= 4 is 16.9 Å². The van der Waals surface area contributed by atoms with Crippen LogP contribution in [-0.2, 0) is 4.79 Å². The Balaban J connectivity index is 1.59. The van der Waals surface area contributed by atoms with Crippen molar-refractivity contribution in [2.24, 2.45) is 0 Å². The first kappa shape index (κ1) is 27.3. The van der Waals surface area contributed by atoms with E-state index in [9.17, 15) is 24.9 Å². The molecule has 11 heteroatoms. The van der Waals surface area contributed by atoms with Gasteiger partial charge in [0.05, 0.1) is 7.11 Å². The van der Waals surface area contributed by atoms with Crippen LogP contribution >= 0.6 is 0 Å². The summed E-state index contributed by atoms with van der Waals surface area (Å²) in [7, 11) is 3.45. The second-order valence-corrected chi connectivity index (χ2v) is 10.4. The van der Waals surface area contributed by atoms with Crippen molar-refractivity contribution in [1.82, 2.24) is 9.80 Å². The maximum atomic E-state index is 13.7. The first-order valence-corrected chi connectivity index (χ1v) is 13.5. The molecule has 2 aliphatic heterocycles. The van der Waals surface area contributed by atoms with E-state index in [0.717, 1.165) is 0 Å². The third kappa shape index (κ3) is 4.71. The molecule has 42 heavy (non-hydrogen) atoms. The van der Waals surface area contributed by atoms with Crippen molar-refractivity contribution < 1.29 is 38.7 Å². The highest BCUT2D eigenvalue weighted by molar-refractivity contribution is 5.94. The molecule has 0 spiro atoms. The Labute approximate surface area is 240 Å². The van der Waals surface area contributed by atoms with Crippen LogP contribution in [0.15, 0.2) is 57.7 Å². The Morgan fingerprint density at radius 3 is 2.43 bits per heavy atom. The molecule has 0 unspecified atom stereocenters. The van der Waals surface area contributed by atoms with Gasteiger partial charge in [-0.15, -0.1) is 0 Å². The third-order valence-electron chi connectivity index (χ3n) is 7.86. The highest BCUT2D eigenvalue weighted by atomic mass is 16.7. The molecule has 6 rings (SSSR count). The molecule has 1 aromatic heterocycles. The Morgan fingerprint density at radius 1 is 0.976 bits per heavy atom. The summed E-state index contributed by atoms with van der Waals surface area (Å²) in [5, 5.41) is 32.6. The molecule has 3 N–H and O–H groups in total. The number of phenolic OH excluding ortho intramolecular Hbond substituents is 3. The molecular weight excluding hydrogens is 544 g/mol. The topological polar surface area (TPSA) is 142 Å². The number of piperazine rings is 1. The average molecular weight is 575 g/mol. The smallest absolute Gasteiger partial charge is 0.231 e. The summed E-state index contributed by atoms with van der Waals surface area (Å²) in [4.78, 5) is 31.0. The van der Waals surface area contributed by atoms with Crippen molar-refractivity contribution in [2.75, 3.05) is 47.1 Å². The highest BCUT2D eigenvalue weighted by Gasteiger charge is 2.34. The predicted molar refractivity (Wildman–Crippen MR) is 153 cm³/mol. The molecule has 4 aromatic rings. The van der Waals surface area contributed by atoms with Gasteiger partial charge in [0, 0.05) is 55.7 Å². The molecule has 0 aliphatic carbocycles. The van der Waals surface area contributed by atoms with Crippen LogP contribution in [0, 0.1) is 0 Å². The maximum Gasteiger partial charge on any atom is 0.231 e. The van der Waals surface area contributed by atoms with Crippen LogP contribution < -0.4 is 19.6 Å². The zero-order chi connectivity index (χ0) is 29.5. The first-order chi connectivity index (χ1) is 20.3. The normalized spacial score (nSPS) is 15.6. The van der Waals surface area contributed by atoms with Gasteiger partial charge in [-0.2, -0.15) is 0 Å². The number of ether oxygens (including phenoxy) is 3. The van der Waals surface area contributed by atoms with Gasteiger partial charge in [-0.25, -0.2) is 0 Å². The van der Waals surface area contributed by atoms with Gasteiger partial charge in [0.2, 0.25) is 24.2 Å². The van der Waals surface area contributed by atoms with Crippen LogP contribution in [0.3, 0.4) is 0 Å². The number of carbonyl (C=O) groups excluding carboxylic acids is 1. The van der Waals surface area contributed by atoms with Gasteiger partial charge in [-0.1, -0.05) is 30.3 Å². The van der Waals surface area contributed by atoms with E-state index in [1.54, 1.807) is 41.3 Å². The Hall–Kier alpha value is -4.90. The summed E-state index contributed by atoms with van der Waals surface area (Å²) >= 11 is 0. The summed E-state index contributed by atoms with van der Waals surface area (Å²) in [6.45, 7) is 2.43. The molecule has 1 amide bonds. The third-order valence-corrected chi connectivity index (χ3v) is 7.86. The SMILES string of the molecule is COc1cc([C@@H](CC(=O)N2CCN(C)CC2)c2c(O)c(O)c(O)c3c(=O)cc(-c4ccccc4)oc23)cc2c1OCO2. The van der Waals surface area contributed by atoms with Gasteiger partial charge >= 0.3 is 0 Å². The molecule has 218 valence electrons. The van der Waals surface area contributed by atoms with Gasteiger partial charge < -0.3 is 43.7 Å². The van der Waals surface area contributed by atoms with E-state index in [2.05, 4.69) is 4.90 Å². The summed E-state index contributed by atoms with van der Waals surface area (Å²) in [6, 6.07) is 13.4. The first-order valence-electron chi connectivity index (χ1n) is 13.5. The van der Waals surface area contributed by atoms with Crippen molar-refractivity contribution in [3.63, 3.8) is 0 Å². The van der Waals surface area contributed by atoms with Crippen molar-refractivity contribution in [1.29, 1.82) is 0 Å². The number of carbonyl (C=O) groups is 1. The average Bonchev–Trinajstić information content (AvgIpc) is 3.48. The van der Waals surface area contributed by atoms with E-state index in [1.165, 1.54) is 13.2 Å². The summed E-state index contributed by atoms with van der Waals surface area (Å²) in [6.07, 6.45) is -0.154. The number of likely N-dealkylation sites (N-methyl/N-ethyl adjacent to an activating group) is 1. The summed E-state index contributed by atoms with van der Waals surface area (Å²) in [5.41, 5.74) is 0.259. The van der Waals surface area contributed by atoms with Crippen molar-refractivity contribution in [3.05, 3.63) is 69.9 Å². The second kappa shape index (κ2) is 10.8. The van der Waals surface area contributed by atoms with Crippen LogP contribution in [0.5, 0.6) is 34.5 Å². The van der Waals surface area contributed by atoms with Crippen molar-refractivity contribution in [3.8, 4) is 45.8 Å². The van der Waals surface area contributed by atoms with Gasteiger partial charge in [-0.05, 0) is 24.7 Å². The van der Waals surface area contributed by atoms with Crippen molar-refractivity contribution in [2.45, 2.75) is 12.3 Å². The number of hydrogen-bond donors (Lipinski definition) is 3. The van der Waals surface area contributed by atoms with E-state index in [1.807, 2.05) is 13.1 Å². The molecule has 1 atom stereocenters. The van der Waals surface area contributed by atoms with Crippen LogP contribution in [-0.4, -0.2) is 78.2 Å². The molecular formula is C31H30N2O9. The Bertz CT molecular complexity index is 1730. The number of rotatable bonds is 6. The van der Waals surface area contributed by atoms with E-state index < -0.39 is 28.6 Å². The lowest BCUT2D eigenvalue weighted by molar-refractivity contribution is -0.133. The number of fused-ring (bicyclic) bond motifs is 2. The zero-order valence-corrected chi connectivity index (χ0v) is 23.1. The van der Waals surface area contributed by atoms with E-state index >= 15 is 0 Å². The summed E-state index contributed by atoms with van der Waals surface area (Å²) in [5.74, 6) is -2.27. The molecule has 11 nitrogen and oxygen atoms in total. The quantitative estimate of drug-likeness (QED) is 0.292. The summed E-state index contributed by atoms with van der Waals surface area (Å²) < 4.78 is 22.9. The lowest BCUT2D eigenvalue weighted by atomic mass is 9.85. The van der Waals surface area contributed by atoms with Crippen LogP contribution in [0.2, 0.25) is 0 Å². The molecule has 1 fully saturated rings. The standard InChI is InChI=1S/C31H30N2O9/c1-32-8-10-33(11-9-32)24(35)14-19(18-12-22(39-2)30-23(13-18)40-16-41-30)25-27(36)29(38)28(37)26-20(34)15-21(42-31(25)26)17-6-4-3-5-7-17/h3-7,12-13,15,19,36-38H,8-11,14,16H2,1-2H3/t19-/m1/s1.